The Balaban J connectivity index is 2.53. The van der Waals surface area contributed by atoms with E-state index in [1.807, 2.05) is 18.2 Å². The van der Waals surface area contributed by atoms with Crippen molar-refractivity contribution < 1.29 is 13.9 Å². The third-order valence-electron chi connectivity index (χ3n) is 2.61. The third-order valence-corrected chi connectivity index (χ3v) is 2.97. The number of benzene rings is 1. The second-order valence-corrected chi connectivity index (χ2v) is 4.01. The van der Waals surface area contributed by atoms with Gasteiger partial charge in [0.1, 0.15) is 22.3 Å². The van der Waals surface area contributed by atoms with Crippen molar-refractivity contribution >= 4 is 11.6 Å². The molecule has 0 radical (unpaired) electrons. The van der Waals surface area contributed by atoms with Gasteiger partial charge in [-0.25, -0.2) is 0 Å². The van der Waals surface area contributed by atoms with E-state index in [0.717, 1.165) is 5.56 Å². The predicted octanol–water partition coefficient (Wildman–Crippen LogP) is 3.08. The van der Waals surface area contributed by atoms with Crippen LogP contribution in [0, 0.1) is 0 Å². The van der Waals surface area contributed by atoms with Crippen LogP contribution in [0.4, 0.5) is 0 Å². The summed E-state index contributed by atoms with van der Waals surface area (Å²) in [7, 11) is 3.11. The van der Waals surface area contributed by atoms with Crippen molar-refractivity contribution in [3.63, 3.8) is 0 Å². The fourth-order valence-corrected chi connectivity index (χ4v) is 2.04. The van der Waals surface area contributed by atoms with Crippen LogP contribution in [0.3, 0.4) is 0 Å². The molecule has 2 aromatic rings. The van der Waals surface area contributed by atoms with E-state index in [9.17, 15) is 0 Å². The molecule has 1 heterocycles. The fraction of sp³-hybridized carbons (Fsp3) is 0.231. The van der Waals surface area contributed by atoms with E-state index in [0.29, 0.717) is 34.6 Å². The minimum atomic E-state index is 0.353. The zero-order valence-corrected chi connectivity index (χ0v) is 11.0. The van der Waals surface area contributed by atoms with E-state index in [1.54, 1.807) is 20.3 Å². The van der Waals surface area contributed by atoms with Gasteiger partial charge in [0, 0.05) is 0 Å². The summed E-state index contributed by atoms with van der Waals surface area (Å²) >= 11 is 6.19. The fourth-order valence-electron chi connectivity index (χ4n) is 1.72. The number of halogens is 1. The van der Waals surface area contributed by atoms with Gasteiger partial charge in [-0.05, 0) is 24.3 Å². The molecule has 1 aromatic heterocycles. The quantitative estimate of drug-likeness (QED) is 0.925. The van der Waals surface area contributed by atoms with Crippen LogP contribution in [-0.2, 0) is 6.54 Å². The SMILES string of the molecule is COc1ccc(-c2ccc(CN)o2)c(OC)c1Cl. The van der Waals surface area contributed by atoms with Crippen molar-refractivity contribution in [2.45, 2.75) is 6.54 Å². The molecule has 1 aromatic carbocycles. The van der Waals surface area contributed by atoms with E-state index in [4.69, 9.17) is 31.2 Å². The minimum Gasteiger partial charge on any atom is -0.495 e. The summed E-state index contributed by atoms with van der Waals surface area (Å²) < 4.78 is 16.0. The topological polar surface area (TPSA) is 57.6 Å². The van der Waals surface area contributed by atoms with Crippen LogP contribution >= 0.6 is 11.6 Å². The molecular formula is C13H14ClNO3. The van der Waals surface area contributed by atoms with Crippen molar-refractivity contribution in [3.8, 4) is 22.8 Å². The van der Waals surface area contributed by atoms with Gasteiger partial charge in [0.05, 0.1) is 26.3 Å². The summed E-state index contributed by atoms with van der Waals surface area (Å²) in [6.45, 7) is 0.353. The second-order valence-electron chi connectivity index (χ2n) is 3.63. The smallest absolute Gasteiger partial charge is 0.152 e. The Bertz CT molecular complexity index is 551. The first-order valence-corrected chi connectivity index (χ1v) is 5.78. The molecule has 0 saturated carbocycles. The molecule has 0 aliphatic carbocycles. The molecule has 0 atom stereocenters. The highest BCUT2D eigenvalue weighted by molar-refractivity contribution is 6.34. The van der Waals surface area contributed by atoms with Crippen molar-refractivity contribution in [1.29, 1.82) is 0 Å². The largest absolute Gasteiger partial charge is 0.495 e. The van der Waals surface area contributed by atoms with E-state index in [1.165, 1.54) is 0 Å². The highest BCUT2D eigenvalue weighted by Crippen LogP contribution is 2.42. The molecule has 0 fully saturated rings. The van der Waals surface area contributed by atoms with E-state index in [2.05, 4.69) is 0 Å². The lowest BCUT2D eigenvalue weighted by Crippen LogP contribution is -1.93. The van der Waals surface area contributed by atoms with Gasteiger partial charge < -0.3 is 19.6 Å². The lowest BCUT2D eigenvalue weighted by molar-refractivity contribution is 0.394. The van der Waals surface area contributed by atoms with Gasteiger partial charge in [0.25, 0.3) is 0 Å². The number of methoxy groups -OCH3 is 2. The van der Waals surface area contributed by atoms with Crippen molar-refractivity contribution in [2.24, 2.45) is 5.73 Å². The first-order chi connectivity index (χ1) is 8.71. The van der Waals surface area contributed by atoms with Gasteiger partial charge in [0.2, 0.25) is 0 Å². The normalized spacial score (nSPS) is 10.4. The maximum absolute atomic E-state index is 6.19. The molecule has 5 heteroatoms. The molecule has 0 amide bonds. The molecule has 2 N–H and O–H groups in total. The Labute approximate surface area is 110 Å². The summed E-state index contributed by atoms with van der Waals surface area (Å²) in [6.07, 6.45) is 0. The van der Waals surface area contributed by atoms with Crippen LogP contribution in [0.2, 0.25) is 5.02 Å². The van der Waals surface area contributed by atoms with Crippen molar-refractivity contribution in [1.82, 2.24) is 0 Å². The molecule has 0 unspecified atom stereocenters. The van der Waals surface area contributed by atoms with E-state index >= 15 is 0 Å². The molecular weight excluding hydrogens is 254 g/mol. The maximum atomic E-state index is 6.19. The van der Waals surface area contributed by atoms with Gasteiger partial charge in [-0.15, -0.1) is 0 Å². The Hall–Kier alpha value is -1.65. The summed E-state index contributed by atoms with van der Waals surface area (Å²) in [4.78, 5) is 0. The van der Waals surface area contributed by atoms with Gasteiger partial charge in [0.15, 0.2) is 5.75 Å². The average molecular weight is 268 g/mol. The number of hydrogen-bond acceptors (Lipinski definition) is 4. The van der Waals surface area contributed by atoms with E-state index in [-0.39, 0.29) is 0 Å². The van der Waals surface area contributed by atoms with Crippen LogP contribution in [0.25, 0.3) is 11.3 Å². The summed E-state index contributed by atoms with van der Waals surface area (Å²) in [5.74, 6) is 2.45. The first kappa shape index (κ1) is 12.8. The predicted molar refractivity (Wildman–Crippen MR) is 70.1 cm³/mol. The Morgan fingerprint density at radius 3 is 2.50 bits per heavy atom. The Morgan fingerprint density at radius 2 is 1.94 bits per heavy atom. The van der Waals surface area contributed by atoms with Crippen LogP contribution in [-0.4, -0.2) is 14.2 Å². The summed E-state index contributed by atoms with van der Waals surface area (Å²) in [5, 5.41) is 0.420. The number of hydrogen-bond donors (Lipinski definition) is 1. The molecule has 0 aliphatic rings. The van der Waals surface area contributed by atoms with Crippen molar-refractivity contribution in [3.05, 3.63) is 35.0 Å². The first-order valence-electron chi connectivity index (χ1n) is 5.41. The van der Waals surface area contributed by atoms with Gasteiger partial charge in [-0.3, -0.25) is 0 Å². The highest BCUT2D eigenvalue weighted by Gasteiger charge is 2.16. The van der Waals surface area contributed by atoms with Gasteiger partial charge in [-0.2, -0.15) is 0 Å². The van der Waals surface area contributed by atoms with Crippen LogP contribution in [0.1, 0.15) is 5.76 Å². The maximum Gasteiger partial charge on any atom is 0.152 e. The second kappa shape index (κ2) is 5.33. The molecule has 0 saturated heterocycles. The van der Waals surface area contributed by atoms with Crippen LogP contribution < -0.4 is 15.2 Å². The number of nitrogens with two attached hydrogens (primary N) is 1. The number of furan rings is 1. The molecule has 0 spiro atoms. The number of rotatable bonds is 4. The molecule has 4 nitrogen and oxygen atoms in total. The molecule has 18 heavy (non-hydrogen) atoms. The number of ether oxygens (including phenoxy) is 2. The molecule has 2 rings (SSSR count). The van der Waals surface area contributed by atoms with Crippen LogP contribution in [0.5, 0.6) is 11.5 Å². The van der Waals surface area contributed by atoms with E-state index < -0.39 is 0 Å². The minimum absolute atomic E-state index is 0.353. The zero-order valence-electron chi connectivity index (χ0n) is 10.2. The summed E-state index contributed by atoms with van der Waals surface area (Å²) in [6, 6.07) is 7.27. The summed E-state index contributed by atoms with van der Waals surface area (Å²) in [5.41, 5.74) is 6.28. The van der Waals surface area contributed by atoms with Crippen molar-refractivity contribution in [2.75, 3.05) is 14.2 Å². The van der Waals surface area contributed by atoms with Crippen LogP contribution in [0.15, 0.2) is 28.7 Å². The standard InChI is InChI=1S/C13H14ClNO3/c1-16-11-6-4-9(13(17-2)12(11)14)10-5-3-8(7-15)18-10/h3-6H,7,15H2,1-2H3. The lowest BCUT2D eigenvalue weighted by atomic mass is 10.1. The monoisotopic (exact) mass is 267 g/mol. The molecule has 0 bridgehead atoms. The van der Waals surface area contributed by atoms with Gasteiger partial charge in [-0.1, -0.05) is 11.6 Å². The molecule has 0 aliphatic heterocycles. The Morgan fingerprint density at radius 1 is 1.17 bits per heavy atom. The third kappa shape index (κ3) is 2.17. The average Bonchev–Trinajstić information content (AvgIpc) is 2.87. The lowest BCUT2D eigenvalue weighted by Gasteiger charge is -2.11. The van der Waals surface area contributed by atoms with Gasteiger partial charge >= 0.3 is 0 Å². The Kier molecular flexibility index (Phi) is 3.79. The molecule has 96 valence electrons. The zero-order chi connectivity index (χ0) is 13.1. The highest BCUT2D eigenvalue weighted by atomic mass is 35.5.